The van der Waals surface area contributed by atoms with Crippen molar-refractivity contribution in [2.24, 2.45) is 0 Å². The van der Waals surface area contributed by atoms with Crippen LogP contribution < -0.4 is 10.0 Å². The number of nitrogens with zero attached hydrogens (tertiary/aromatic N) is 1. The Bertz CT molecular complexity index is 710. The summed E-state index contributed by atoms with van der Waals surface area (Å²) in [5.74, 6) is 0. The number of aromatic nitrogens is 2. The molecule has 2 heterocycles. The fraction of sp³-hybridized carbons (Fsp3) is 0.308. The number of benzene rings is 1. The molecule has 0 fully saturated rings. The summed E-state index contributed by atoms with van der Waals surface area (Å²) in [4.78, 5) is 0. The Morgan fingerprint density at radius 1 is 1.35 bits per heavy atom. The number of hydrogen-bond donors (Lipinski definition) is 3. The van der Waals surface area contributed by atoms with Crippen LogP contribution in [0, 0.1) is 0 Å². The fourth-order valence-electron chi connectivity index (χ4n) is 2.35. The molecular formula is C13H16N4O2S. The maximum atomic E-state index is 12.2. The minimum Gasteiger partial charge on any atom is -0.381 e. The number of anilines is 2. The average Bonchev–Trinajstić information content (AvgIpc) is 2.94. The predicted octanol–water partition coefficient (Wildman–Crippen LogP) is 1.96. The van der Waals surface area contributed by atoms with Gasteiger partial charge in [-0.1, -0.05) is 12.1 Å². The van der Waals surface area contributed by atoms with Gasteiger partial charge >= 0.3 is 0 Å². The molecule has 1 aliphatic heterocycles. The van der Waals surface area contributed by atoms with Crippen molar-refractivity contribution in [3.63, 3.8) is 0 Å². The Morgan fingerprint density at radius 3 is 2.95 bits per heavy atom. The maximum Gasteiger partial charge on any atom is 0.278 e. The van der Waals surface area contributed by atoms with E-state index in [0.29, 0.717) is 11.7 Å². The zero-order chi connectivity index (χ0) is 14.2. The molecule has 1 aliphatic rings. The second kappa shape index (κ2) is 4.82. The van der Waals surface area contributed by atoms with E-state index >= 15 is 0 Å². The van der Waals surface area contributed by atoms with Crippen molar-refractivity contribution in [1.29, 1.82) is 0 Å². The Balaban J connectivity index is 1.96. The molecule has 1 aromatic carbocycles. The third kappa shape index (κ3) is 2.36. The van der Waals surface area contributed by atoms with Crippen molar-refractivity contribution < 1.29 is 8.42 Å². The molecule has 0 spiro atoms. The van der Waals surface area contributed by atoms with Crippen LogP contribution in [0.25, 0.3) is 0 Å². The van der Waals surface area contributed by atoms with Gasteiger partial charge in [-0.2, -0.15) is 13.5 Å². The highest BCUT2D eigenvalue weighted by Crippen LogP contribution is 2.33. The normalized spacial score (nSPS) is 18.1. The van der Waals surface area contributed by atoms with E-state index in [2.05, 4.69) is 27.2 Å². The van der Waals surface area contributed by atoms with Crippen molar-refractivity contribution in [2.45, 2.75) is 30.8 Å². The van der Waals surface area contributed by atoms with Crippen LogP contribution in [-0.2, 0) is 16.4 Å². The van der Waals surface area contributed by atoms with Gasteiger partial charge < -0.3 is 5.32 Å². The van der Waals surface area contributed by atoms with Gasteiger partial charge in [0.2, 0.25) is 0 Å². The van der Waals surface area contributed by atoms with Crippen molar-refractivity contribution >= 4 is 21.4 Å². The molecule has 0 saturated heterocycles. The molecule has 1 atom stereocenters. The van der Waals surface area contributed by atoms with E-state index in [-0.39, 0.29) is 5.03 Å². The van der Waals surface area contributed by atoms with Gasteiger partial charge in [-0.25, -0.2) is 0 Å². The number of rotatable bonds is 3. The summed E-state index contributed by atoms with van der Waals surface area (Å²) in [7, 11) is -3.63. The van der Waals surface area contributed by atoms with E-state index in [1.165, 1.54) is 12.3 Å². The van der Waals surface area contributed by atoms with E-state index in [1.807, 2.05) is 12.1 Å². The molecule has 0 aliphatic carbocycles. The summed E-state index contributed by atoms with van der Waals surface area (Å²) in [5.41, 5.74) is 2.57. The van der Waals surface area contributed by atoms with Gasteiger partial charge in [-0.15, -0.1) is 0 Å². The Hall–Kier alpha value is -2.02. The molecule has 0 radical (unpaired) electrons. The molecule has 3 rings (SSSR count). The van der Waals surface area contributed by atoms with Gasteiger partial charge in [-0.3, -0.25) is 9.82 Å². The molecule has 0 saturated carbocycles. The minimum atomic E-state index is -3.63. The van der Waals surface area contributed by atoms with Crippen LogP contribution in [0.15, 0.2) is 35.5 Å². The molecule has 7 heteroatoms. The number of aryl methyl sites for hydroxylation is 1. The quantitative estimate of drug-likeness (QED) is 0.807. The summed E-state index contributed by atoms with van der Waals surface area (Å²) in [6.07, 6.45) is 3.40. The van der Waals surface area contributed by atoms with Gasteiger partial charge in [0.15, 0.2) is 5.03 Å². The number of fused-ring (bicyclic) bond motifs is 1. The number of para-hydroxylation sites is 1. The van der Waals surface area contributed by atoms with Gasteiger partial charge in [0.25, 0.3) is 10.0 Å². The highest BCUT2D eigenvalue weighted by atomic mass is 32.2. The van der Waals surface area contributed by atoms with Crippen molar-refractivity contribution in [3.8, 4) is 0 Å². The first-order chi connectivity index (χ1) is 9.56. The van der Waals surface area contributed by atoms with Crippen molar-refractivity contribution in [3.05, 3.63) is 36.0 Å². The Morgan fingerprint density at radius 2 is 2.20 bits per heavy atom. The number of nitrogens with one attached hydrogen (secondary N) is 3. The van der Waals surface area contributed by atoms with E-state index in [9.17, 15) is 8.42 Å². The summed E-state index contributed by atoms with van der Waals surface area (Å²) in [5, 5.41) is 9.53. The highest BCUT2D eigenvalue weighted by molar-refractivity contribution is 7.92. The standard InChI is InChI=1S/C13H16N4O2S/c1-9-5-6-10-3-2-4-11(13(10)15-9)17-20(18,19)12-7-8-14-16-12/h2-4,7-9,15,17H,5-6H2,1H3,(H,14,16). The third-order valence-electron chi connectivity index (χ3n) is 3.40. The second-order valence-electron chi connectivity index (χ2n) is 4.95. The first kappa shape index (κ1) is 13.0. The lowest BCUT2D eigenvalue weighted by Crippen LogP contribution is -2.24. The number of hydrogen-bond acceptors (Lipinski definition) is 4. The van der Waals surface area contributed by atoms with E-state index in [4.69, 9.17) is 0 Å². The third-order valence-corrected chi connectivity index (χ3v) is 4.69. The second-order valence-corrected chi connectivity index (χ2v) is 6.60. The predicted molar refractivity (Wildman–Crippen MR) is 77.2 cm³/mol. The molecule has 0 amide bonds. The molecule has 3 N–H and O–H groups in total. The van der Waals surface area contributed by atoms with Crippen LogP contribution in [0.1, 0.15) is 18.9 Å². The van der Waals surface area contributed by atoms with E-state index in [1.54, 1.807) is 6.07 Å². The van der Waals surface area contributed by atoms with Crippen LogP contribution in [0.5, 0.6) is 0 Å². The molecule has 6 nitrogen and oxygen atoms in total. The zero-order valence-corrected chi connectivity index (χ0v) is 11.9. The molecule has 1 unspecified atom stereocenters. The molecule has 0 bridgehead atoms. The smallest absolute Gasteiger partial charge is 0.278 e. The topological polar surface area (TPSA) is 86.9 Å². The highest BCUT2D eigenvalue weighted by Gasteiger charge is 2.21. The monoisotopic (exact) mass is 292 g/mol. The molecule has 106 valence electrons. The van der Waals surface area contributed by atoms with Crippen molar-refractivity contribution in [1.82, 2.24) is 10.2 Å². The lowest BCUT2D eigenvalue weighted by molar-refractivity contribution is 0.597. The number of sulfonamides is 1. The van der Waals surface area contributed by atoms with Gasteiger partial charge in [0.1, 0.15) is 0 Å². The summed E-state index contributed by atoms with van der Waals surface area (Å²) < 4.78 is 27.0. The lowest BCUT2D eigenvalue weighted by Gasteiger charge is -2.26. The Kier molecular flexibility index (Phi) is 3.13. The molecule has 2 aromatic rings. The van der Waals surface area contributed by atoms with Crippen LogP contribution >= 0.6 is 0 Å². The fourth-order valence-corrected chi connectivity index (χ4v) is 3.33. The Labute approximate surface area is 117 Å². The van der Waals surface area contributed by atoms with E-state index in [0.717, 1.165) is 24.1 Å². The van der Waals surface area contributed by atoms with E-state index < -0.39 is 10.0 Å². The summed E-state index contributed by atoms with van der Waals surface area (Å²) in [6, 6.07) is 7.40. The number of H-pyrrole nitrogens is 1. The molecule has 1 aromatic heterocycles. The van der Waals surface area contributed by atoms with Crippen LogP contribution in [0.4, 0.5) is 11.4 Å². The van der Waals surface area contributed by atoms with Crippen LogP contribution in [0.2, 0.25) is 0 Å². The van der Waals surface area contributed by atoms with Gasteiger partial charge in [-0.05, 0) is 37.5 Å². The van der Waals surface area contributed by atoms with Gasteiger partial charge in [0.05, 0.1) is 17.6 Å². The molecule has 20 heavy (non-hydrogen) atoms. The van der Waals surface area contributed by atoms with Crippen LogP contribution in [-0.4, -0.2) is 24.7 Å². The van der Waals surface area contributed by atoms with Gasteiger partial charge in [0, 0.05) is 6.04 Å². The summed E-state index contributed by atoms with van der Waals surface area (Å²) in [6.45, 7) is 2.09. The summed E-state index contributed by atoms with van der Waals surface area (Å²) >= 11 is 0. The largest absolute Gasteiger partial charge is 0.381 e. The zero-order valence-electron chi connectivity index (χ0n) is 11.1. The molecular weight excluding hydrogens is 276 g/mol. The number of aromatic amines is 1. The lowest BCUT2D eigenvalue weighted by atomic mass is 9.98. The SMILES string of the molecule is CC1CCc2cccc(NS(=O)(=O)c3ccn[nH]3)c2N1. The van der Waals surface area contributed by atoms with Crippen LogP contribution in [0.3, 0.4) is 0 Å². The van der Waals surface area contributed by atoms with Crippen molar-refractivity contribution in [2.75, 3.05) is 10.0 Å². The minimum absolute atomic E-state index is 0.0546. The maximum absolute atomic E-state index is 12.2. The first-order valence-corrected chi connectivity index (χ1v) is 7.95. The first-order valence-electron chi connectivity index (χ1n) is 6.47. The average molecular weight is 292 g/mol.